The summed E-state index contributed by atoms with van der Waals surface area (Å²) >= 11 is 0. The summed E-state index contributed by atoms with van der Waals surface area (Å²) in [6.45, 7) is 0. The summed E-state index contributed by atoms with van der Waals surface area (Å²) in [5.41, 5.74) is 1.58. The lowest BCUT2D eigenvalue weighted by Gasteiger charge is -2.27. The largest absolute Gasteiger partial charge is 0.506 e. The van der Waals surface area contributed by atoms with E-state index in [1.807, 2.05) is 24.3 Å². The molecule has 0 bridgehead atoms. The Kier molecular flexibility index (Phi) is 7.21. The van der Waals surface area contributed by atoms with Gasteiger partial charge in [0.25, 0.3) is 0 Å². The third kappa shape index (κ3) is 4.51. The summed E-state index contributed by atoms with van der Waals surface area (Å²) in [4.78, 5) is 19.3. The van der Waals surface area contributed by atoms with E-state index in [9.17, 15) is 9.90 Å². The van der Waals surface area contributed by atoms with E-state index in [2.05, 4.69) is 10.3 Å². The normalized spacial score (nSPS) is 11.3. The van der Waals surface area contributed by atoms with Gasteiger partial charge in [-0.05, 0) is 42.5 Å². The van der Waals surface area contributed by atoms with E-state index >= 15 is 8.78 Å². The fraction of sp³-hybridized carbons (Fsp3) is 0.0588. The molecular weight excluding hydrogens is 548 g/mol. The zero-order valence-electron chi connectivity index (χ0n) is 23.4. The van der Waals surface area contributed by atoms with Crippen molar-refractivity contribution in [3.05, 3.63) is 115 Å². The maximum absolute atomic E-state index is 17.1. The Labute approximate surface area is 246 Å². The smallest absolute Gasteiger partial charge is 0.218 e. The fourth-order valence-corrected chi connectivity index (χ4v) is 5.48. The average molecular weight is 576 g/mol. The van der Waals surface area contributed by atoms with Gasteiger partial charge in [-0.2, -0.15) is 0 Å². The van der Waals surface area contributed by atoms with Gasteiger partial charge in [0.2, 0.25) is 6.41 Å². The van der Waals surface area contributed by atoms with Gasteiger partial charge in [-0.15, -0.1) is 0 Å². The van der Waals surface area contributed by atoms with Crippen LogP contribution in [0.5, 0.6) is 5.75 Å². The summed E-state index contributed by atoms with van der Waals surface area (Å²) in [7, 11) is 3.19. The maximum atomic E-state index is 17.1. The highest BCUT2D eigenvalue weighted by Gasteiger charge is 2.30. The summed E-state index contributed by atoms with van der Waals surface area (Å²) in [5.74, 6) is -2.00. The number of aromatic nitrogens is 1. The van der Waals surface area contributed by atoms with Gasteiger partial charge in [-0.3, -0.25) is 19.6 Å². The number of nitrogens with zero attached hydrogens (tertiary/aromatic N) is 4. The van der Waals surface area contributed by atoms with Crippen molar-refractivity contribution in [2.45, 2.75) is 0 Å². The minimum absolute atomic E-state index is 0.130. The zero-order valence-corrected chi connectivity index (χ0v) is 23.4. The number of nitrogens with one attached hydrogen (secondary N) is 1. The number of phenolic OH excluding ortho intramolecular Hbond substituents is 1. The number of rotatable bonds is 8. The van der Waals surface area contributed by atoms with E-state index in [0.717, 1.165) is 15.7 Å². The molecule has 1 amide bonds. The number of hydrogen-bond acceptors (Lipinski definition) is 4. The number of para-hydroxylation sites is 6. The number of anilines is 5. The minimum Gasteiger partial charge on any atom is -0.506 e. The van der Waals surface area contributed by atoms with Crippen molar-refractivity contribution >= 4 is 63.0 Å². The van der Waals surface area contributed by atoms with Crippen molar-refractivity contribution in [3.8, 4) is 11.4 Å². The van der Waals surface area contributed by atoms with Crippen LogP contribution in [0.15, 0.2) is 108 Å². The quantitative estimate of drug-likeness (QED) is 0.110. The number of halogens is 2. The zero-order chi connectivity index (χ0) is 30.1. The first-order valence-electron chi connectivity index (χ1n) is 13.5. The molecule has 0 aliphatic carbocycles. The molecule has 6 rings (SSSR count). The molecule has 9 heteroatoms. The summed E-state index contributed by atoms with van der Waals surface area (Å²) in [6.07, 6.45) is 1.82. The van der Waals surface area contributed by atoms with Crippen LogP contribution in [-0.4, -0.2) is 36.5 Å². The molecule has 7 nitrogen and oxygen atoms in total. The van der Waals surface area contributed by atoms with Gasteiger partial charge in [-0.25, -0.2) is 8.78 Å². The first-order chi connectivity index (χ1) is 21.0. The predicted molar refractivity (Wildman–Crippen MR) is 170 cm³/mol. The van der Waals surface area contributed by atoms with Gasteiger partial charge in [0.15, 0.2) is 11.6 Å². The highest BCUT2D eigenvalue weighted by Crippen LogP contribution is 2.44. The third-order valence-electron chi connectivity index (χ3n) is 7.37. The molecule has 0 radical (unpaired) electrons. The molecule has 6 aromatic rings. The molecule has 0 aliphatic heterocycles. The summed E-state index contributed by atoms with van der Waals surface area (Å²) in [6, 6.07) is 29.3. The molecule has 0 saturated heterocycles. The molecule has 1 aromatic heterocycles. The molecule has 2 N–H and O–H groups in total. The first-order valence-corrected chi connectivity index (χ1v) is 13.5. The van der Waals surface area contributed by atoms with Crippen molar-refractivity contribution in [2.24, 2.45) is 4.99 Å². The molecular formula is C34H27F2N5O2. The van der Waals surface area contributed by atoms with Crippen LogP contribution in [0, 0.1) is 11.6 Å². The predicted octanol–water partition coefficient (Wildman–Crippen LogP) is 7.90. The number of fused-ring (bicyclic) bond motifs is 3. The van der Waals surface area contributed by atoms with E-state index < -0.39 is 11.6 Å². The van der Waals surface area contributed by atoms with Crippen LogP contribution in [0.2, 0.25) is 0 Å². The molecule has 0 spiro atoms. The topological polar surface area (TPSA) is 73.1 Å². The second kappa shape index (κ2) is 11.3. The van der Waals surface area contributed by atoms with Crippen molar-refractivity contribution in [1.82, 2.24) is 4.57 Å². The van der Waals surface area contributed by atoms with Crippen LogP contribution < -0.4 is 15.1 Å². The van der Waals surface area contributed by atoms with Gasteiger partial charge < -0.3 is 15.0 Å². The number of benzene rings is 5. The van der Waals surface area contributed by atoms with Crippen molar-refractivity contribution < 1.29 is 18.7 Å². The highest BCUT2D eigenvalue weighted by atomic mass is 19.1. The fourth-order valence-electron chi connectivity index (χ4n) is 5.48. The first kappa shape index (κ1) is 27.5. The van der Waals surface area contributed by atoms with Crippen LogP contribution >= 0.6 is 0 Å². The van der Waals surface area contributed by atoms with E-state index in [-0.39, 0.29) is 28.5 Å². The molecule has 0 fully saturated rings. The van der Waals surface area contributed by atoms with Gasteiger partial charge >= 0.3 is 0 Å². The minimum atomic E-state index is -0.948. The van der Waals surface area contributed by atoms with E-state index in [4.69, 9.17) is 0 Å². The van der Waals surface area contributed by atoms with Gasteiger partial charge in [0.1, 0.15) is 11.4 Å². The van der Waals surface area contributed by atoms with Crippen molar-refractivity contribution in [3.63, 3.8) is 0 Å². The van der Waals surface area contributed by atoms with Crippen LogP contribution in [0.4, 0.5) is 37.2 Å². The second-order valence-electron chi connectivity index (χ2n) is 9.74. The Balaban J connectivity index is 1.76. The molecule has 0 aliphatic rings. The highest BCUT2D eigenvalue weighted by molar-refractivity contribution is 6.09. The van der Waals surface area contributed by atoms with Crippen LogP contribution in [0.25, 0.3) is 27.5 Å². The number of aromatic hydroxyl groups is 1. The van der Waals surface area contributed by atoms with Gasteiger partial charge in [0.05, 0.1) is 45.8 Å². The Hall–Kier alpha value is -5.70. The lowest BCUT2D eigenvalue weighted by Crippen LogP contribution is -2.22. The molecule has 1 heterocycles. The second-order valence-corrected chi connectivity index (χ2v) is 9.74. The monoisotopic (exact) mass is 575 g/mol. The van der Waals surface area contributed by atoms with E-state index in [1.165, 1.54) is 35.0 Å². The molecule has 5 aromatic carbocycles. The van der Waals surface area contributed by atoms with Gasteiger partial charge in [-0.1, -0.05) is 60.7 Å². The Morgan fingerprint density at radius 2 is 1.28 bits per heavy atom. The Morgan fingerprint density at radius 1 is 0.744 bits per heavy atom. The average Bonchev–Trinajstić information content (AvgIpc) is 3.36. The van der Waals surface area contributed by atoms with Crippen molar-refractivity contribution in [2.75, 3.05) is 29.2 Å². The lowest BCUT2D eigenvalue weighted by molar-refractivity contribution is -0.106. The SMILES string of the molecule is CN=CN(c1ccccc1O)c1cc(N(C=O)c2ccccc2NC)c(F)c(-n2c3ccccc3c3ccccc32)c1F. The molecule has 214 valence electrons. The lowest BCUT2D eigenvalue weighted by atomic mass is 10.1. The molecule has 43 heavy (non-hydrogen) atoms. The molecule has 0 atom stereocenters. The summed E-state index contributed by atoms with van der Waals surface area (Å²) < 4.78 is 35.6. The van der Waals surface area contributed by atoms with E-state index in [0.29, 0.717) is 28.8 Å². The maximum Gasteiger partial charge on any atom is 0.218 e. The molecule has 0 saturated carbocycles. The Morgan fingerprint density at radius 3 is 1.86 bits per heavy atom. The Bertz CT molecular complexity index is 1970. The number of carbonyl (C=O) groups excluding carboxylic acids is 1. The number of carbonyl (C=O) groups is 1. The number of phenols is 1. The van der Waals surface area contributed by atoms with E-state index in [1.54, 1.807) is 73.8 Å². The van der Waals surface area contributed by atoms with Gasteiger partial charge in [0, 0.05) is 24.9 Å². The third-order valence-corrected chi connectivity index (χ3v) is 7.37. The molecule has 0 unspecified atom stereocenters. The van der Waals surface area contributed by atoms with Crippen molar-refractivity contribution in [1.29, 1.82) is 0 Å². The standard InChI is InChI=1S/C34H27F2N5O2/c1-37-20-39(28-17-9-10-18-31(28)43)29-19-30(40(21-42)27-16-8-5-13-24(27)38-2)33(36)34(32(29)35)41-25-14-6-3-11-22(25)23-12-4-7-15-26(23)41/h3-21,38,43H,1-2H3. The van der Waals surface area contributed by atoms with Crippen LogP contribution in [0.1, 0.15) is 0 Å². The van der Waals surface area contributed by atoms with Crippen LogP contribution in [-0.2, 0) is 4.79 Å². The number of aliphatic imine (C=N–C) groups is 1. The number of amides is 1. The van der Waals surface area contributed by atoms with Crippen LogP contribution in [0.3, 0.4) is 0 Å². The number of hydrogen-bond donors (Lipinski definition) is 2. The summed E-state index contributed by atoms with van der Waals surface area (Å²) in [5, 5.41) is 15.4.